The van der Waals surface area contributed by atoms with Gasteiger partial charge in [-0.25, -0.2) is 4.99 Å². The zero-order valence-corrected chi connectivity index (χ0v) is 17.6. The first-order valence-corrected chi connectivity index (χ1v) is 7.90. The number of hydrogen-bond acceptors (Lipinski definition) is 4. The van der Waals surface area contributed by atoms with Crippen molar-refractivity contribution in [1.82, 2.24) is 5.32 Å². The summed E-state index contributed by atoms with van der Waals surface area (Å²) in [6, 6.07) is 11.1. The van der Waals surface area contributed by atoms with Crippen LogP contribution in [0, 0.1) is 0 Å². The highest BCUT2D eigenvalue weighted by atomic mass is 127. The van der Waals surface area contributed by atoms with Gasteiger partial charge in [0.15, 0.2) is 17.5 Å². The third-order valence-corrected chi connectivity index (χ3v) is 3.54. The Labute approximate surface area is 177 Å². The van der Waals surface area contributed by atoms with Gasteiger partial charge in [0.25, 0.3) is 0 Å². The highest BCUT2D eigenvalue weighted by molar-refractivity contribution is 14.0. The van der Waals surface area contributed by atoms with Gasteiger partial charge in [0.05, 0.1) is 20.8 Å². The van der Waals surface area contributed by atoms with Gasteiger partial charge in [0, 0.05) is 12.1 Å². The van der Waals surface area contributed by atoms with Crippen molar-refractivity contribution >= 4 is 29.9 Å². The molecule has 0 saturated carbocycles. The monoisotopic (exact) mass is 511 g/mol. The van der Waals surface area contributed by atoms with Crippen LogP contribution in [0.1, 0.15) is 11.1 Å². The molecule has 0 amide bonds. The fraction of sp³-hybridized carbons (Fsp3) is 0.278. The standard InChI is InChI=1S/C18H20F3N3O3.HI/c1-25-15-8-7-12(9-16(15)26-2)10-23-17(22)24-11-13-5-3-4-6-14(13)27-18(19,20)21;/h3-9H,10-11H2,1-2H3,(H3,22,23,24);1H. The third kappa shape index (κ3) is 7.33. The molecule has 154 valence electrons. The van der Waals surface area contributed by atoms with Gasteiger partial charge in [-0.05, 0) is 23.8 Å². The molecule has 0 bridgehead atoms. The van der Waals surface area contributed by atoms with Crippen LogP contribution in [0.15, 0.2) is 47.5 Å². The van der Waals surface area contributed by atoms with Crippen LogP contribution in [0.4, 0.5) is 13.2 Å². The van der Waals surface area contributed by atoms with Crippen molar-refractivity contribution in [2.75, 3.05) is 14.2 Å². The lowest BCUT2D eigenvalue weighted by Crippen LogP contribution is -2.31. The molecule has 2 aromatic rings. The average Bonchev–Trinajstić information content (AvgIpc) is 2.64. The van der Waals surface area contributed by atoms with E-state index in [1.54, 1.807) is 18.2 Å². The first-order valence-electron chi connectivity index (χ1n) is 7.90. The van der Waals surface area contributed by atoms with Gasteiger partial charge in [0.2, 0.25) is 0 Å². The van der Waals surface area contributed by atoms with Gasteiger partial charge in [-0.3, -0.25) is 0 Å². The Morgan fingerprint density at radius 3 is 2.36 bits per heavy atom. The molecule has 2 aromatic carbocycles. The summed E-state index contributed by atoms with van der Waals surface area (Å²) in [5.74, 6) is 0.962. The maximum Gasteiger partial charge on any atom is 0.573 e. The summed E-state index contributed by atoms with van der Waals surface area (Å²) in [5, 5.41) is 2.77. The Morgan fingerprint density at radius 1 is 1.04 bits per heavy atom. The van der Waals surface area contributed by atoms with Gasteiger partial charge >= 0.3 is 6.36 Å². The van der Waals surface area contributed by atoms with Crippen LogP contribution in [0.3, 0.4) is 0 Å². The van der Waals surface area contributed by atoms with Crippen molar-refractivity contribution in [3.63, 3.8) is 0 Å². The fourth-order valence-corrected chi connectivity index (χ4v) is 2.27. The molecule has 0 aliphatic heterocycles. The van der Waals surface area contributed by atoms with Gasteiger partial charge in [-0.1, -0.05) is 24.3 Å². The molecule has 3 N–H and O–H groups in total. The third-order valence-electron chi connectivity index (χ3n) is 3.54. The minimum Gasteiger partial charge on any atom is -0.493 e. The van der Waals surface area contributed by atoms with Crippen LogP contribution in [0.2, 0.25) is 0 Å². The number of benzene rings is 2. The molecule has 0 radical (unpaired) electrons. The van der Waals surface area contributed by atoms with Crippen molar-refractivity contribution in [2.24, 2.45) is 10.7 Å². The number of nitrogens with one attached hydrogen (secondary N) is 1. The smallest absolute Gasteiger partial charge is 0.493 e. The number of guanidine groups is 1. The fourth-order valence-electron chi connectivity index (χ4n) is 2.27. The van der Waals surface area contributed by atoms with E-state index >= 15 is 0 Å². The molecule has 0 aliphatic rings. The SMILES string of the molecule is COc1ccc(CN=C(N)NCc2ccccc2OC(F)(F)F)cc1OC.I. The number of ether oxygens (including phenoxy) is 3. The quantitative estimate of drug-likeness (QED) is 0.336. The summed E-state index contributed by atoms with van der Waals surface area (Å²) in [4.78, 5) is 4.17. The highest BCUT2D eigenvalue weighted by Crippen LogP contribution is 2.28. The zero-order valence-electron chi connectivity index (χ0n) is 15.2. The van der Waals surface area contributed by atoms with E-state index in [-0.39, 0.29) is 48.8 Å². The minimum absolute atomic E-state index is 0. The highest BCUT2D eigenvalue weighted by Gasteiger charge is 2.31. The molecule has 28 heavy (non-hydrogen) atoms. The van der Waals surface area contributed by atoms with Gasteiger partial charge in [-0.2, -0.15) is 0 Å². The molecule has 2 rings (SSSR count). The number of aliphatic imine (C=N–C) groups is 1. The van der Waals surface area contributed by atoms with E-state index in [2.05, 4.69) is 15.0 Å². The molecule has 0 aromatic heterocycles. The van der Waals surface area contributed by atoms with Gasteiger partial charge in [-0.15, -0.1) is 37.1 Å². The molecule has 0 aliphatic carbocycles. The Bertz CT molecular complexity index is 801. The normalized spacial score (nSPS) is 11.4. The lowest BCUT2D eigenvalue weighted by Gasteiger charge is -2.14. The average molecular weight is 511 g/mol. The largest absolute Gasteiger partial charge is 0.573 e. The van der Waals surface area contributed by atoms with Crippen LogP contribution in [-0.4, -0.2) is 26.5 Å². The Hall–Kier alpha value is -2.37. The Kier molecular flexibility index (Phi) is 9.16. The number of methoxy groups -OCH3 is 2. The molecule has 0 spiro atoms. The molecular formula is C18H21F3IN3O3. The Morgan fingerprint density at radius 2 is 1.71 bits per heavy atom. The van der Waals surface area contributed by atoms with E-state index in [0.717, 1.165) is 5.56 Å². The van der Waals surface area contributed by atoms with E-state index in [0.29, 0.717) is 17.1 Å². The molecule has 6 nitrogen and oxygen atoms in total. The van der Waals surface area contributed by atoms with E-state index in [1.807, 2.05) is 6.07 Å². The summed E-state index contributed by atoms with van der Waals surface area (Å²) >= 11 is 0. The predicted molar refractivity (Wildman–Crippen MR) is 110 cm³/mol. The second-order valence-electron chi connectivity index (χ2n) is 5.40. The summed E-state index contributed by atoms with van der Waals surface area (Å²) in [6.45, 7) is 0.299. The molecule has 0 atom stereocenters. The van der Waals surface area contributed by atoms with Crippen molar-refractivity contribution in [3.05, 3.63) is 53.6 Å². The number of hydrogen-bond donors (Lipinski definition) is 2. The number of halogens is 4. The maximum absolute atomic E-state index is 12.4. The van der Waals surface area contributed by atoms with Crippen molar-refractivity contribution in [3.8, 4) is 17.2 Å². The topological polar surface area (TPSA) is 78.1 Å². The molecule has 10 heteroatoms. The van der Waals surface area contributed by atoms with Crippen molar-refractivity contribution in [1.29, 1.82) is 0 Å². The number of para-hydroxylation sites is 1. The predicted octanol–water partition coefficient (Wildman–Crippen LogP) is 3.82. The maximum atomic E-state index is 12.4. The summed E-state index contributed by atoms with van der Waals surface area (Å²) in [7, 11) is 3.07. The molecular weight excluding hydrogens is 490 g/mol. The molecule has 0 saturated heterocycles. The number of rotatable bonds is 7. The minimum atomic E-state index is -4.76. The van der Waals surface area contributed by atoms with Gasteiger partial charge < -0.3 is 25.3 Å². The summed E-state index contributed by atoms with van der Waals surface area (Å²) in [6.07, 6.45) is -4.76. The van der Waals surface area contributed by atoms with Crippen LogP contribution in [0.5, 0.6) is 17.2 Å². The van der Waals surface area contributed by atoms with Crippen LogP contribution in [-0.2, 0) is 13.1 Å². The van der Waals surface area contributed by atoms with Gasteiger partial charge in [0.1, 0.15) is 5.75 Å². The Balaban J connectivity index is 0.00000392. The zero-order chi connectivity index (χ0) is 19.9. The van der Waals surface area contributed by atoms with Crippen molar-refractivity contribution in [2.45, 2.75) is 19.5 Å². The molecule has 0 heterocycles. The second kappa shape index (κ2) is 10.8. The van der Waals surface area contributed by atoms with Crippen LogP contribution in [0.25, 0.3) is 0 Å². The van der Waals surface area contributed by atoms with Crippen LogP contribution < -0.4 is 25.3 Å². The summed E-state index contributed by atoms with van der Waals surface area (Å²) < 4.78 is 51.7. The summed E-state index contributed by atoms with van der Waals surface area (Å²) in [5.41, 5.74) is 6.93. The first-order chi connectivity index (χ1) is 12.8. The number of alkyl halides is 3. The van der Waals surface area contributed by atoms with Crippen molar-refractivity contribution < 1.29 is 27.4 Å². The van der Waals surface area contributed by atoms with E-state index in [4.69, 9.17) is 15.2 Å². The molecule has 0 fully saturated rings. The number of nitrogens with zero attached hydrogens (tertiary/aromatic N) is 1. The van der Waals surface area contributed by atoms with E-state index < -0.39 is 6.36 Å². The van der Waals surface area contributed by atoms with Crippen LogP contribution >= 0.6 is 24.0 Å². The number of nitrogens with two attached hydrogens (primary N) is 1. The second-order valence-corrected chi connectivity index (χ2v) is 5.40. The first kappa shape index (κ1) is 23.7. The lowest BCUT2D eigenvalue weighted by atomic mass is 10.2. The van der Waals surface area contributed by atoms with E-state index in [1.165, 1.54) is 32.4 Å². The van der Waals surface area contributed by atoms with E-state index in [9.17, 15) is 13.2 Å². The molecule has 0 unspecified atom stereocenters. The lowest BCUT2D eigenvalue weighted by molar-refractivity contribution is -0.274.